The third-order valence-corrected chi connectivity index (χ3v) is 3.25. The summed E-state index contributed by atoms with van der Waals surface area (Å²) in [5, 5.41) is 0. The Morgan fingerprint density at radius 1 is 0.895 bits per heavy atom. The molecule has 0 heterocycles. The molecule has 0 fully saturated rings. The molecule has 0 N–H and O–H groups in total. The Hall–Kier alpha value is -1.94. The molecule has 0 radical (unpaired) electrons. The van der Waals surface area contributed by atoms with Crippen molar-refractivity contribution in [2.24, 2.45) is 0 Å². The molecule has 2 rings (SSSR count). The van der Waals surface area contributed by atoms with Gasteiger partial charge in [0.1, 0.15) is 5.75 Å². The zero-order chi connectivity index (χ0) is 13.7. The van der Waals surface area contributed by atoms with Gasteiger partial charge in [0, 0.05) is 5.56 Å². The van der Waals surface area contributed by atoms with Crippen molar-refractivity contribution in [3.63, 3.8) is 0 Å². The highest BCUT2D eigenvalue weighted by molar-refractivity contribution is 9.10. The summed E-state index contributed by atoms with van der Waals surface area (Å²) >= 11 is 3.08. The number of hydrogen-bond acceptors (Lipinski definition) is 3. The van der Waals surface area contributed by atoms with Gasteiger partial charge >= 0.3 is 5.97 Å². The van der Waals surface area contributed by atoms with Crippen LogP contribution in [-0.4, -0.2) is 16.6 Å². The fourth-order valence-electron chi connectivity index (χ4n) is 1.51. The molecule has 1 unspecified atom stereocenters. The van der Waals surface area contributed by atoms with Crippen LogP contribution in [0.15, 0.2) is 60.7 Å². The monoisotopic (exact) mass is 318 g/mol. The fraction of sp³-hybridized carbons (Fsp3) is 0.0667. The van der Waals surface area contributed by atoms with E-state index in [1.54, 1.807) is 48.5 Å². The van der Waals surface area contributed by atoms with Crippen LogP contribution in [-0.2, 0) is 4.79 Å². The summed E-state index contributed by atoms with van der Waals surface area (Å²) < 4.78 is 5.11. The van der Waals surface area contributed by atoms with E-state index in [0.717, 1.165) is 0 Å². The molecular formula is C15H11BrO3. The number of hydrogen-bond donors (Lipinski definition) is 0. The van der Waals surface area contributed by atoms with Crippen molar-refractivity contribution in [1.29, 1.82) is 0 Å². The van der Waals surface area contributed by atoms with Crippen LogP contribution in [0.1, 0.15) is 10.4 Å². The van der Waals surface area contributed by atoms with E-state index in [4.69, 9.17) is 4.74 Å². The Bertz CT molecular complexity index is 566. The Labute approximate surface area is 119 Å². The Morgan fingerprint density at radius 3 is 2.00 bits per heavy atom. The number of ether oxygens (including phenoxy) is 1. The van der Waals surface area contributed by atoms with Gasteiger partial charge in [0.25, 0.3) is 0 Å². The molecule has 4 heteroatoms. The molecule has 3 nitrogen and oxygen atoms in total. The highest BCUT2D eigenvalue weighted by atomic mass is 79.9. The molecule has 2 aromatic carbocycles. The second-order valence-corrected chi connectivity index (χ2v) is 4.74. The largest absolute Gasteiger partial charge is 0.425 e. The molecule has 0 spiro atoms. The number of alkyl halides is 1. The number of halogens is 1. The van der Waals surface area contributed by atoms with Crippen LogP contribution in [0.4, 0.5) is 0 Å². The minimum atomic E-state index is -1.00. The maximum absolute atomic E-state index is 12.0. The normalized spacial score (nSPS) is 11.6. The third-order valence-electron chi connectivity index (χ3n) is 2.46. The predicted octanol–water partition coefficient (Wildman–Crippen LogP) is 3.24. The van der Waals surface area contributed by atoms with E-state index in [9.17, 15) is 9.59 Å². The lowest BCUT2D eigenvalue weighted by atomic mass is 10.1. The number of Topliss-reactive ketones (excluding diaryl/α,β-unsaturated/α-hetero) is 1. The van der Waals surface area contributed by atoms with Crippen LogP contribution < -0.4 is 4.74 Å². The van der Waals surface area contributed by atoms with Gasteiger partial charge in [-0.05, 0) is 12.1 Å². The van der Waals surface area contributed by atoms with Gasteiger partial charge in [-0.2, -0.15) is 0 Å². The lowest BCUT2D eigenvalue weighted by molar-refractivity contribution is -0.132. The Balaban J connectivity index is 2.06. The van der Waals surface area contributed by atoms with Gasteiger partial charge in [0.15, 0.2) is 10.6 Å². The molecule has 0 aliphatic carbocycles. The van der Waals surface area contributed by atoms with Crippen molar-refractivity contribution in [2.75, 3.05) is 0 Å². The summed E-state index contributed by atoms with van der Waals surface area (Å²) in [6.45, 7) is 0. The van der Waals surface area contributed by atoms with E-state index in [-0.39, 0.29) is 5.78 Å². The molecular weight excluding hydrogens is 308 g/mol. The highest BCUT2D eigenvalue weighted by Gasteiger charge is 2.26. The smallest absolute Gasteiger partial charge is 0.333 e. The molecule has 19 heavy (non-hydrogen) atoms. The predicted molar refractivity (Wildman–Crippen MR) is 75.6 cm³/mol. The van der Waals surface area contributed by atoms with Crippen LogP contribution in [0.3, 0.4) is 0 Å². The quantitative estimate of drug-likeness (QED) is 0.286. The summed E-state index contributed by atoms with van der Waals surface area (Å²) in [7, 11) is 0. The zero-order valence-corrected chi connectivity index (χ0v) is 11.5. The first-order chi connectivity index (χ1) is 9.18. The maximum Gasteiger partial charge on any atom is 0.333 e. The molecule has 0 amide bonds. The van der Waals surface area contributed by atoms with Gasteiger partial charge < -0.3 is 4.74 Å². The lowest BCUT2D eigenvalue weighted by Crippen LogP contribution is -2.28. The number of para-hydroxylation sites is 1. The lowest BCUT2D eigenvalue weighted by Gasteiger charge is -2.09. The van der Waals surface area contributed by atoms with E-state index in [0.29, 0.717) is 11.3 Å². The first-order valence-corrected chi connectivity index (χ1v) is 6.60. The van der Waals surface area contributed by atoms with Crippen molar-refractivity contribution in [3.05, 3.63) is 66.2 Å². The number of esters is 1. The van der Waals surface area contributed by atoms with Gasteiger partial charge in [0.05, 0.1) is 0 Å². The fourth-order valence-corrected chi connectivity index (χ4v) is 1.87. The van der Waals surface area contributed by atoms with Gasteiger partial charge in [-0.1, -0.05) is 64.5 Å². The van der Waals surface area contributed by atoms with Crippen molar-refractivity contribution >= 4 is 27.7 Å². The minimum Gasteiger partial charge on any atom is -0.425 e. The average Bonchev–Trinajstić information content (AvgIpc) is 2.47. The maximum atomic E-state index is 12.0. The number of rotatable bonds is 4. The van der Waals surface area contributed by atoms with E-state index in [2.05, 4.69) is 15.9 Å². The molecule has 0 aliphatic rings. The van der Waals surface area contributed by atoms with Crippen LogP contribution in [0.25, 0.3) is 0 Å². The van der Waals surface area contributed by atoms with E-state index in [1.165, 1.54) is 0 Å². The summed E-state index contributed by atoms with van der Waals surface area (Å²) in [4.78, 5) is 22.9. The van der Waals surface area contributed by atoms with Crippen molar-refractivity contribution in [3.8, 4) is 5.75 Å². The summed E-state index contributed by atoms with van der Waals surface area (Å²) in [6, 6.07) is 17.3. The van der Waals surface area contributed by atoms with Crippen molar-refractivity contribution in [2.45, 2.75) is 4.83 Å². The molecule has 0 aliphatic heterocycles. The number of benzene rings is 2. The molecule has 0 saturated carbocycles. The summed E-state index contributed by atoms with van der Waals surface area (Å²) in [5.41, 5.74) is 0.467. The Morgan fingerprint density at radius 2 is 1.42 bits per heavy atom. The molecule has 0 bridgehead atoms. The second kappa shape index (κ2) is 6.29. The van der Waals surface area contributed by atoms with E-state index >= 15 is 0 Å². The summed E-state index contributed by atoms with van der Waals surface area (Å²) in [5.74, 6) is -0.528. The van der Waals surface area contributed by atoms with Gasteiger partial charge in [-0.3, -0.25) is 4.79 Å². The number of ketones is 1. The van der Waals surface area contributed by atoms with E-state index in [1.807, 2.05) is 12.1 Å². The first-order valence-electron chi connectivity index (χ1n) is 5.68. The molecule has 0 aromatic heterocycles. The van der Waals surface area contributed by atoms with Crippen molar-refractivity contribution in [1.82, 2.24) is 0 Å². The topological polar surface area (TPSA) is 43.4 Å². The molecule has 96 valence electrons. The summed E-state index contributed by atoms with van der Waals surface area (Å²) in [6.07, 6.45) is 0. The van der Waals surface area contributed by atoms with Crippen LogP contribution in [0, 0.1) is 0 Å². The second-order valence-electron chi connectivity index (χ2n) is 3.83. The molecule has 0 saturated heterocycles. The molecule has 1 atom stereocenters. The third kappa shape index (κ3) is 3.51. The van der Waals surface area contributed by atoms with Crippen LogP contribution in [0.2, 0.25) is 0 Å². The standard InChI is InChI=1S/C15H11BrO3/c16-13(14(17)11-7-3-1-4-8-11)15(18)19-12-9-5-2-6-10-12/h1-10,13H. The van der Waals surface area contributed by atoms with Crippen molar-refractivity contribution < 1.29 is 14.3 Å². The Kier molecular flexibility index (Phi) is 4.47. The number of carbonyl (C=O) groups is 2. The first kappa shape index (κ1) is 13.5. The minimum absolute atomic E-state index is 0.318. The van der Waals surface area contributed by atoms with Gasteiger partial charge in [-0.25, -0.2) is 4.79 Å². The van der Waals surface area contributed by atoms with Crippen LogP contribution in [0.5, 0.6) is 5.75 Å². The number of carbonyl (C=O) groups excluding carboxylic acids is 2. The van der Waals surface area contributed by atoms with Crippen LogP contribution >= 0.6 is 15.9 Å². The SMILES string of the molecule is O=C(Oc1ccccc1)C(Br)C(=O)c1ccccc1. The van der Waals surface area contributed by atoms with Gasteiger partial charge in [0.2, 0.25) is 0 Å². The van der Waals surface area contributed by atoms with Gasteiger partial charge in [-0.15, -0.1) is 0 Å². The highest BCUT2D eigenvalue weighted by Crippen LogP contribution is 2.15. The van der Waals surface area contributed by atoms with E-state index < -0.39 is 10.8 Å². The molecule has 2 aromatic rings. The average molecular weight is 319 g/mol. The zero-order valence-electron chi connectivity index (χ0n) is 9.95.